The van der Waals surface area contributed by atoms with Gasteiger partial charge < -0.3 is 19.9 Å². The molecule has 1 saturated heterocycles. The van der Waals surface area contributed by atoms with Crippen molar-refractivity contribution in [2.45, 2.75) is 58.4 Å². The third-order valence-corrected chi connectivity index (χ3v) is 6.28. The molecule has 39 heavy (non-hydrogen) atoms. The van der Waals surface area contributed by atoms with Crippen LogP contribution in [0.3, 0.4) is 0 Å². The van der Waals surface area contributed by atoms with Crippen LogP contribution in [0.15, 0.2) is 48.5 Å². The second-order valence-corrected chi connectivity index (χ2v) is 10.6. The van der Waals surface area contributed by atoms with Gasteiger partial charge in [0.15, 0.2) is 0 Å². The zero-order chi connectivity index (χ0) is 28.3. The number of benzene rings is 1. The largest absolute Gasteiger partial charge is 0.477 e. The van der Waals surface area contributed by atoms with E-state index in [2.05, 4.69) is 20.1 Å². The lowest BCUT2D eigenvalue weighted by atomic mass is 10.1. The fourth-order valence-corrected chi connectivity index (χ4v) is 4.35. The third-order valence-electron chi connectivity index (χ3n) is 6.28. The number of nitrogens with one attached hydrogen (secondary N) is 1. The number of pyridine rings is 1. The number of aromatic carboxylic acids is 1. The maximum absolute atomic E-state index is 13.3. The molecule has 2 heterocycles. The zero-order valence-electron chi connectivity index (χ0n) is 23.1. The van der Waals surface area contributed by atoms with Crippen LogP contribution in [0.5, 0.6) is 0 Å². The molecule has 10 heteroatoms. The second-order valence-electron chi connectivity index (χ2n) is 10.6. The van der Waals surface area contributed by atoms with Crippen LogP contribution in [0, 0.1) is 0 Å². The summed E-state index contributed by atoms with van der Waals surface area (Å²) in [5, 5.41) is 12.7. The molecule has 212 valence electrons. The second kappa shape index (κ2) is 14.7. The Bertz CT molecular complexity index is 1090. The summed E-state index contributed by atoms with van der Waals surface area (Å²) in [6, 6.07) is 13.9. The molecule has 0 bridgehead atoms. The van der Waals surface area contributed by atoms with E-state index in [4.69, 9.17) is 9.47 Å². The summed E-state index contributed by atoms with van der Waals surface area (Å²) in [6.45, 7) is 10.2. The van der Waals surface area contributed by atoms with Crippen LogP contribution in [0.2, 0.25) is 0 Å². The van der Waals surface area contributed by atoms with E-state index in [1.165, 1.54) is 6.07 Å². The smallest absolute Gasteiger partial charge is 0.354 e. The summed E-state index contributed by atoms with van der Waals surface area (Å²) < 4.78 is 11.2. The molecule has 1 fully saturated rings. The van der Waals surface area contributed by atoms with E-state index in [0.717, 1.165) is 18.7 Å². The van der Waals surface area contributed by atoms with Gasteiger partial charge >= 0.3 is 17.9 Å². The summed E-state index contributed by atoms with van der Waals surface area (Å²) in [4.78, 5) is 45.7. The van der Waals surface area contributed by atoms with Crippen molar-refractivity contribution in [2.75, 3.05) is 39.3 Å². The first kappa shape index (κ1) is 30.2. The Kier molecular flexibility index (Phi) is 11.4. The van der Waals surface area contributed by atoms with Crippen molar-refractivity contribution in [1.82, 2.24) is 20.1 Å². The topological polar surface area (TPSA) is 121 Å². The summed E-state index contributed by atoms with van der Waals surface area (Å²) in [6.07, 6.45) is 0.376. The van der Waals surface area contributed by atoms with Gasteiger partial charge in [-0.1, -0.05) is 36.4 Å². The first-order chi connectivity index (χ1) is 18.6. The first-order valence-corrected chi connectivity index (χ1v) is 13.4. The minimum atomic E-state index is -1.06. The Morgan fingerprint density at radius 2 is 1.74 bits per heavy atom. The van der Waals surface area contributed by atoms with E-state index in [0.29, 0.717) is 38.4 Å². The van der Waals surface area contributed by atoms with Gasteiger partial charge in [-0.15, -0.1) is 0 Å². The summed E-state index contributed by atoms with van der Waals surface area (Å²) in [5.41, 5.74) is 0.934. The number of carbonyl (C=O) groups excluding carboxylic acids is 2. The van der Waals surface area contributed by atoms with Crippen LogP contribution in [0.4, 0.5) is 0 Å². The van der Waals surface area contributed by atoms with Crippen LogP contribution in [-0.2, 0) is 32.2 Å². The molecule has 1 atom stereocenters. The average Bonchev–Trinajstić information content (AvgIpc) is 3.00. The summed E-state index contributed by atoms with van der Waals surface area (Å²) in [5.74, 6) is -1.78. The molecule has 1 unspecified atom stereocenters. The molecular weight excluding hydrogens is 500 g/mol. The van der Waals surface area contributed by atoms with Crippen molar-refractivity contribution >= 4 is 17.9 Å². The van der Waals surface area contributed by atoms with Gasteiger partial charge in [0.2, 0.25) is 0 Å². The number of carbonyl (C=O) groups is 3. The Labute approximate surface area is 230 Å². The Morgan fingerprint density at radius 1 is 1.00 bits per heavy atom. The maximum Gasteiger partial charge on any atom is 0.354 e. The number of nitrogens with zero attached hydrogens (tertiary/aromatic N) is 3. The van der Waals surface area contributed by atoms with Crippen LogP contribution in [0.25, 0.3) is 0 Å². The van der Waals surface area contributed by atoms with Gasteiger partial charge in [0.1, 0.15) is 23.9 Å². The van der Waals surface area contributed by atoms with E-state index in [1.54, 1.807) is 6.07 Å². The van der Waals surface area contributed by atoms with Crippen LogP contribution in [0.1, 0.15) is 55.4 Å². The van der Waals surface area contributed by atoms with E-state index in [1.807, 2.05) is 57.2 Å². The fourth-order valence-electron chi connectivity index (χ4n) is 4.35. The quantitative estimate of drug-likeness (QED) is 0.435. The molecule has 1 aromatic carbocycles. The third kappa shape index (κ3) is 10.7. The Balaban J connectivity index is 1.66. The standard InChI is InChI=1S/C29H40N4O6/c1-29(2,3)39-28(37)25(12-13-26(34)38-21-22-8-5-4-6-9-22)33-17-15-30-14-16-32(18-19-33)20-23-10-7-11-24(31-23)27(35)36/h4-11,25,30H,12-21H2,1-3H3,(H,35,36). The first-order valence-electron chi connectivity index (χ1n) is 13.4. The van der Waals surface area contributed by atoms with Crippen molar-refractivity contribution < 1.29 is 29.0 Å². The minimum absolute atomic E-state index is 0.0145. The number of esters is 2. The van der Waals surface area contributed by atoms with Crippen molar-refractivity contribution in [2.24, 2.45) is 0 Å². The molecule has 10 nitrogen and oxygen atoms in total. The zero-order valence-corrected chi connectivity index (χ0v) is 23.1. The predicted octanol–water partition coefficient (Wildman–Crippen LogP) is 2.72. The number of hydrogen-bond donors (Lipinski definition) is 2. The van der Waals surface area contributed by atoms with Crippen LogP contribution >= 0.6 is 0 Å². The number of ether oxygens (including phenoxy) is 2. The van der Waals surface area contributed by atoms with Crippen LogP contribution < -0.4 is 5.32 Å². The van der Waals surface area contributed by atoms with Gasteiger partial charge in [0.25, 0.3) is 0 Å². The van der Waals surface area contributed by atoms with E-state index >= 15 is 0 Å². The van der Waals surface area contributed by atoms with Gasteiger partial charge in [-0.3, -0.25) is 19.4 Å². The summed E-state index contributed by atoms with van der Waals surface area (Å²) >= 11 is 0. The van der Waals surface area contributed by atoms with E-state index < -0.39 is 17.6 Å². The lowest BCUT2D eigenvalue weighted by Crippen LogP contribution is -2.48. The molecule has 2 aromatic rings. The normalized spacial score (nSPS) is 16.4. The number of rotatable bonds is 10. The maximum atomic E-state index is 13.3. The highest BCUT2D eigenvalue weighted by atomic mass is 16.6. The molecule has 0 radical (unpaired) electrons. The van der Waals surface area contributed by atoms with Crippen molar-refractivity contribution in [3.63, 3.8) is 0 Å². The lowest BCUT2D eigenvalue weighted by Gasteiger charge is -2.33. The summed E-state index contributed by atoms with van der Waals surface area (Å²) in [7, 11) is 0. The lowest BCUT2D eigenvalue weighted by molar-refractivity contribution is -0.162. The van der Waals surface area contributed by atoms with Crippen molar-refractivity contribution in [1.29, 1.82) is 0 Å². The predicted molar refractivity (Wildman–Crippen MR) is 146 cm³/mol. The van der Waals surface area contributed by atoms with Gasteiger partial charge in [0, 0.05) is 52.2 Å². The molecule has 0 amide bonds. The molecular formula is C29H40N4O6. The van der Waals surface area contributed by atoms with Crippen molar-refractivity contribution in [3.8, 4) is 0 Å². The highest BCUT2D eigenvalue weighted by molar-refractivity contribution is 5.85. The van der Waals surface area contributed by atoms with E-state index in [-0.39, 0.29) is 37.1 Å². The molecule has 0 aliphatic carbocycles. The highest BCUT2D eigenvalue weighted by Gasteiger charge is 2.31. The molecule has 3 rings (SSSR count). The van der Waals surface area contributed by atoms with Gasteiger partial charge in [-0.25, -0.2) is 9.78 Å². The molecule has 1 aliphatic rings. The SMILES string of the molecule is CC(C)(C)OC(=O)C(CCC(=O)OCc1ccccc1)N1CCNCCN(Cc2cccc(C(=O)O)n2)CC1. The molecule has 0 saturated carbocycles. The average molecular weight is 541 g/mol. The van der Waals surface area contributed by atoms with Crippen LogP contribution in [-0.4, -0.2) is 88.7 Å². The monoisotopic (exact) mass is 540 g/mol. The number of carboxylic acids is 1. The Morgan fingerprint density at radius 3 is 2.46 bits per heavy atom. The Hall–Kier alpha value is -3.34. The number of hydrogen-bond acceptors (Lipinski definition) is 9. The number of carboxylic acid groups (broad SMARTS) is 1. The fraction of sp³-hybridized carbons (Fsp3) is 0.517. The van der Waals surface area contributed by atoms with Gasteiger partial charge in [-0.2, -0.15) is 0 Å². The molecule has 1 aliphatic heterocycles. The molecule has 0 spiro atoms. The minimum Gasteiger partial charge on any atom is -0.477 e. The highest BCUT2D eigenvalue weighted by Crippen LogP contribution is 2.17. The molecule has 1 aromatic heterocycles. The van der Waals surface area contributed by atoms with Gasteiger partial charge in [-0.05, 0) is 44.9 Å². The molecule has 2 N–H and O–H groups in total. The number of aromatic nitrogens is 1. The van der Waals surface area contributed by atoms with E-state index in [9.17, 15) is 19.5 Å². The van der Waals surface area contributed by atoms with Gasteiger partial charge in [0.05, 0.1) is 5.69 Å². The van der Waals surface area contributed by atoms with Crippen molar-refractivity contribution in [3.05, 3.63) is 65.5 Å².